The van der Waals surface area contributed by atoms with E-state index in [9.17, 15) is 14.0 Å². The monoisotopic (exact) mass is 263 g/mol. The molecule has 0 saturated carbocycles. The van der Waals surface area contributed by atoms with Crippen LogP contribution in [0, 0.1) is 5.82 Å². The molecule has 0 spiro atoms. The van der Waals surface area contributed by atoms with E-state index in [1.54, 1.807) is 4.57 Å². The Bertz CT molecular complexity index is 765. The molecule has 2 aromatic rings. The van der Waals surface area contributed by atoms with Gasteiger partial charge in [0.1, 0.15) is 12.2 Å². The Morgan fingerprint density at radius 2 is 2.26 bits per heavy atom. The van der Waals surface area contributed by atoms with Crippen molar-refractivity contribution in [2.24, 2.45) is 0 Å². The first-order chi connectivity index (χ1) is 9.00. The number of rotatable bonds is 1. The minimum absolute atomic E-state index is 0.00430. The first kappa shape index (κ1) is 11.7. The van der Waals surface area contributed by atoms with E-state index in [1.807, 2.05) is 6.92 Å². The highest BCUT2D eigenvalue weighted by molar-refractivity contribution is 5.94. The minimum atomic E-state index is -1.29. The van der Waals surface area contributed by atoms with Crippen molar-refractivity contribution in [3.63, 3.8) is 0 Å². The van der Waals surface area contributed by atoms with Gasteiger partial charge in [0.25, 0.3) is 0 Å². The number of halogens is 1. The lowest BCUT2D eigenvalue weighted by molar-refractivity contribution is 0.0694. The topological polar surface area (TPSA) is 68.5 Å². The van der Waals surface area contributed by atoms with Crippen molar-refractivity contribution in [1.29, 1.82) is 0 Å². The van der Waals surface area contributed by atoms with Crippen molar-refractivity contribution in [2.45, 2.75) is 13.0 Å². The summed E-state index contributed by atoms with van der Waals surface area (Å²) in [5.41, 5.74) is -0.634. The number of carbonyl (C=O) groups is 1. The molecule has 2 heterocycles. The molecular weight excluding hydrogens is 253 g/mol. The lowest BCUT2D eigenvalue weighted by atomic mass is 10.1. The summed E-state index contributed by atoms with van der Waals surface area (Å²) >= 11 is 0. The molecule has 0 unspecified atom stereocenters. The van der Waals surface area contributed by atoms with E-state index in [4.69, 9.17) is 9.84 Å². The summed E-state index contributed by atoms with van der Waals surface area (Å²) in [6.45, 7) is 2.04. The van der Waals surface area contributed by atoms with Gasteiger partial charge in [0.05, 0.1) is 16.9 Å². The van der Waals surface area contributed by atoms with Crippen molar-refractivity contribution in [2.75, 3.05) is 6.61 Å². The van der Waals surface area contributed by atoms with Gasteiger partial charge < -0.3 is 14.4 Å². The van der Waals surface area contributed by atoms with Crippen molar-refractivity contribution < 1.29 is 19.0 Å². The summed E-state index contributed by atoms with van der Waals surface area (Å²) in [6.07, 6.45) is 1.25. The summed E-state index contributed by atoms with van der Waals surface area (Å²) in [4.78, 5) is 23.2. The second kappa shape index (κ2) is 3.81. The van der Waals surface area contributed by atoms with Gasteiger partial charge >= 0.3 is 5.97 Å². The van der Waals surface area contributed by atoms with E-state index >= 15 is 0 Å². The Hall–Kier alpha value is -2.37. The van der Waals surface area contributed by atoms with Crippen LogP contribution in [0.4, 0.5) is 4.39 Å². The highest BCUT2D eigenvalue weighted by Crippen LogP contribution is 2.33. The van der Waals surface area contributed by atoms with E-state index < -0.39 is 17.2 Å². The van der Waals surface area contributed by atoms with Gasteiger partial charge in [-0.25, -0.2) is 9.18 Å². The summed E-state index contributed by atoms with van der Waals surface area (Å²) in [5, 5.41) is 9.21. The number of carboxylic acid groups (broad SMARTS) is 1. The van der Waals surface area contributed by atoms with Gasteiger partial charge in [-0.05, 0) is 19.1 Å². The number of aromatic nitrogens is 1. The van der Waals surface area contributed by atoms with Crippen LogP contribution in [0.1, 0.15) is 23.3 Å². The fourth-order valence-electron chi connectivity index (χ4n) is 2.31. The zero-order valence-corrected chi connectivity index (χ0v) is 10.0. The smallest absolute Gasteiger partial charge is 0.341 e. The molecule has 98 valence electrons. The molecule has 0 bridgehead atoms. The maximum atomic E-state index is 13.7. The van der Waals surface area contributed by atoms with Crippen LogP contribution < -0.4 is 10.2 Å². The number of ether oxygens (including phenoxy) is 1. The number of pyridine rings is 1. The lowest BCUT2D eigenvalue weighted by Crippen LogP contribution is -2.26. The molecular formula is C13H10FNO4. The molecule has 1 atom stereocenters. The molecule has 1 aliphatic rings. The summed E-state index contributed by atoms with van der Waals surface area (Å²) in [6, 6.07) is 2.24. The van der Waals surface area contributed by atoms with E-state index in [0.29, 0.717) is 5.52 Å². The van der Waals surface area contributed by atoms with E-state index in [1.165, 1.54) is 12.3 Å². The van der Waals surface area contributed by atoms with E-state index in [-0.39, 0.29) is 29.3 Å². The number of benzene rings is 1. The predicted octanol–water partition coefficient (Wildman–Crippen LogP) is 1.79. The third-order valence-corrected chi connectivity index (χ3v) is 3.27. The number of hydrogen-bond acceptors (Lipinski definition) is 3. The molecule has 0 radical (unpaired) electrons. The molecule has 5 nitrogen and oxygen atoms in total. The van der Waals surface area contributed by atoms with E-state index in [0.717, 1.165) is 6.07 Å². The van der Waals surface area contributed by atoms with Crippen LogP contribution in [0.2, 0.25) is 0 Å². The number of nitrogens with zero attached hydrogens (tertiary/aromatic N) is 1. The molecule has 0 aliphatic carbocycles. The third-order valence-electron chi connectivity index (χ3n) is 3.27. The quantitative estimate of drug-likeness (QED) is 0.851. The van der Waals surface area contributed by atoms with E-state index in [2.05, 4.69) is 0 Å². The molecule has 1 aromatic heterocycles. The molecule has 6 heteroatoms. The zero-order valence-electron chi connectivity index (χ0n) is 10.0. The van der Waals surface area contributed by atoms with Crippen LogP contribution in [0.5, 0.6) is 5.75 Å². The second-order valence-electron chi connectivity index (χ2n) is 4.52. The Morgan fingerprint density at radius 1 is 1.53 bits per heavy atom. The molecule has 0 amide bonds. The summed E-state index contributed by atoms with van der Waals surface area (Å²) in [7, 11) is 0. The largest absolute Gasteiger partial charge is 0.486 e. The number of hydrogen-bond donors (Lipinski definition) is 1. The lowest BCUT2D eigenvalue weighted by Gasteiger charge is -2.26. The van der Waals surface area contributed by atoms with Crippen molar-refractivity contribution >= 4 is 16.9 Å². The standard InChI is InChI=1S/C13H10FNO4/c1-6-5-19-12-9(14)3-2-7-10(12)15(6)4-8(11(7)16)13(17)18/h2-4,6H,5H2,1H3,(H,17,18)/t6-/m1/s1. The molecule has 1 aromatic carbocycles. The van der Waals surface area contributed by atoms with Gasteiger partial charge in [-0.2, -0.15) is 0 Å². The molecule has 0 saturated heterocycles. The van der Waals surface area contributed by atoms with Crippen LogP contribution in [-0.4, -0.2) is 22.2 Å². The SMILES string of the molecule is C[C@@H]1COc2c(F)ccc3c(=O)c(C(=O)O)cn1c23. The fourth-order valence-corrected chi connectivity index (χ4v) is 2.31. The Balaban J connectivity index is 2.54. The average molecular weight is 263 g/mol. The van der Waals surface area contributed by atoms with Gasteiger partial charge in [0.2, 0.25) is 5.43 Å². The van der Waals surface area contributed by atoms with Crippen LogP contribution >= 0.6 is 0 Å². The maximum absolute atomic E-state index is 13.7. The highest BCUT2D eigenvalue weighted by Gasteiger charge is 2.25. The van der Waals surface area contributed by atoms with Crippen molar-refractivity contribution in [3.8, 4) is 5.75 Å². The second-order valence-corrected chi connectivity index (χ2v) is 4.52. The van der Waals surface area contributed by atoms with Crippen LogP contribution in [0.15, 0.2) is 23.1 Å². The molecule has 0 fully saturated rings. The van der Waals surface area contributed by atoms with Crippen LogP contribution in [0.25, 0.3) is 10.9 Å². The minimum Gasteiger partial charge on any atom is -0.486 e. The molecule has 3 rings (SSSR count). The average Bonchev–Trinajstić information content (AvgIpc) is 2.37. The first-order valence-corrected chi connectivity index (χ1v) is 5.74. The Labute approximate surface area is 106 Å². The maximum Gasteiger partial charge on any atom is 0.341 e. The van der Waals surface area contributed by atoms with Gasteiger partial charge in [0, 0.05) is 6.20 Å². The van der Waals surface area contributed by atoms with Gasteiger partial charge in [-0.3, -0.25) is 4.79 Å². The number of carboxylic acids is 1. The molecule has 1 N–H and O–H groups in total. The number of aromatic carboxylic acids is 1. The van der Waals surface area contributed by atoms with Crippen molar-refractivity contribution in [1.82, 2.24) is 4.57 Å². The Kier molecular flexibility index (Phi) is 2.35. The third kappa shape index (κ3) is 1.53. The Morgan fingerprint density at radius 3 is 2.95 bits per heavy atom. The van der Waals surface area contributed by atoms with Gasteiger partial charge in [-0.1, -0.05) is 0 Å². The highest BCUT2D eigenvalue weighted by atomic mass is 19.1. The molecule has 19 heavy (non-hydrogen) atoms. The molecule has 1 aliphatic heterocycles. The van der Waals surface area contributed by atoms with Gasteiger partial charge in [-0.15, -0.1) is 0 Å². The van der Waals surface area contributed by atoms with Crippen LogP contribution in [0.3, 0.4) is 0 Å². The van der Waals surface area contributed by atoms with Crippen LogP contribution in [-0.2, 0) is 0 Å². The summed E-state index contributed by atoms with van der Waals surface area (Å²) in [5.74, 6) is -1.85. The predicted molar refractivity (Wildman–Crippen MR) is 65.3 cm³/mol. The first-order valence-electron chi connectivity index (χ1n) is 5.74. The van der Waals surface area contributed by atoms with Gasteiger partial charge in [0.15, 0.2) is 11.6 Å². The normalized spacial score (nSPS) is 17.3. The summed E-state index contributed by atoms with van der Waals surface area (Å²) < 4.78 is 20.6. The zero-order chi connectivity index (χ0) is 13.7. The van der Waals surface area contributed by atoms with Crippen molar-refractivity contribution in [3.05, 3.63) is 39.9 Å². The fraction of sp³-hybridized carbons (Fsp3) is 0.231.